The van der Waals surface area contributed by atoms with E-state index >= 15 is 0 Å². The van der Waals surface area contributed by atoms with Crippen LogP contribution in [0, 0.1) is 0 Å². The van der Waals surface area contributed by atoms with Crippen LogP contribution in [0.5, 0.6) is 23.0 Å². The highest BCUT2D eigenvalue weighted by molar-refractivity contribution is 7.80. The Kier molecular flexibility index (Phi) is 6.50. The Bertz CT molecular complexity index is 1020. The summed E-state index contributed by atoms with van der Waals surface area (Å²) >= 11 is 4.63. The molecule has 158 valence electrons. The molecule has 4 rings (SSSR count). The first-order valence-corrected chi connectivity index (χ1v) is 10.7. The molecule has 2 aromatic carbocycles. The lowest BCUT2D eigenvalue weighted by Gasteiger charge is -2.24. The monoisotopic (exact) mass is 425 g/mol. The van der Waals surface area contributed by atoms with E-state index in [1.54, 1.807) is 20.4 Å². The van der Waals surface area contributed by atoms with Crippen LogP contribution in [-0.4, -0.2) is 25.2 Å². The van der Waals surface area contributed by atoms with E-state index in [2.05, 4.69) is 28.5 Å². The highest BCUT2D eigenvalue weighted by Crippen LogP contribution is 2.37. The van der Waals surface area contributed by atoms with Crippen LogP contribution < -0.4 is 25.1 Å². The molecule has 1 saturated carbocycles. The summed E-state index contributed by atoms with van der Waals surface area (Å²) in [5, 5.41) is 0.844. The third-order valence-corrected chi connectivity index (χ3v) is 5.79. The van der Waals surface area contributed by atoms with Crippen LogP contribution in [0.2, 0.25) is 0 Å². The molecule has 0 saturated heterocycles. The lowest BCUT2D eigenvalue weighted by atomic mass is 9.96. The molecule has 0 amide bonds. The molecule has 0 spiro atoms. The predicted octanol–water partition coefficient (Wildman–Crippen LogP) is 5.58. The number of hydrogen-bond acceptors (Lipinski definition) is 7. The van der Waals surface area contributed by atoms with Crippen molar-refractivity contribution in [3.8, 4) is 23.0 Å². The van der Waals surface area contributed by atoms with E-state index in [0.29, 0.717) is 29.0 Å². The maximum absolute atomic E-state index is 6.16. The van der Waals surface area contributed by atoms with Crippen LogP contribution in [0.1, 0.15) is 32.1 Å². The number of nitrogens with one attached hydrogen (secondary N) is 2. The summed E-state index contributed by atoms with van der Waals surface area (Å²) in [4.78, 5) is 5.23. The molecule has 30 heavy (non-hydrogen) atoms. The zero-order valence-corrected chi connectivity index (χ0v) is 18.2. The number of fused-ring (bicyclic) bond motifs is 1. The molecule has 6 nitrogen and oxygen atoms in total. The number of nitrogens with zero attached hydrogens (tertiary/aromatic N) is 1. The third kappa shape index (κ3) is 4.57. The third-order valence-electron chi connectivity index (χ3n) is 5.42. The fourth-order valence-corrected chi connectivity index (χ4v) is 4.03. The Morgan fingerprint density at radius 3 is 2.43 bits per heavy atom. The minimum atomic E-state index is 0.512. The van der Waals surface area contributed by atoms with Crippen molar-refractivity contribution in [1.29, 1.82) is 0 Å². The fourth-order valence-electron chi connectivity index (χ4n) is 3.77. The van der Waals surface area contributed by atoms with Gasteiger partial charge in [-0.2, -0.15) is 0 Å². The van der Waals surface area contributed by atoms with Gasteiger partial charge in [0, 0.05) is 28.6 Å². The molecule has 0 radical (unpaired) electrons. The van der Waals surface area contributed by atoms with Crippen molar-refractivity contribution in [1.82, 2.24) is 10.4 Å². The summed E-state index contributed by atoms with van der Waals surface area (Å²) in [5.41, 5.74) is 8.43. The van der Waals surface area contributed by atoms with Crippen molar-refractivity contribution in [3.05, 3.63) is 42.6 Å². The lowest BCUT2D eigenvalue weighted by molar-refractivity contribution is 0.355. The second-order valence-electron chi connectivity index (χ2n) is 7.42. The van der Waals surface area contributed by atoms with Gasteiger partial charge in [-0.1, -0.05) is 19.3 Å². The number of thiol groups is 1. The van der Waals surface area contributed by atoms with Gasteiger partial charge in [-0.15, -0.1) is 12.6 Å². The van der Waals surface area contributed by atoms with E-state index in [1.165, 1.54) is 32.1 Å². The number of ether oxygens (including phenoxy) is 3. The Labute approximate surface area is 182 Å². The van der Waals surface area contributed by atoms with E-state index in [1.807, 2.05) is 36.4 Å². The molecule has 0 aliphatic heterocycles. The standard InChI is InChI=1S/C23H27N3O3S/c1-27-21-13-17-19(14-22(21)28-2)24-11-10-20(17)29-16-8-9-18(23(30)12-16)26-25-15-6-4-3-5-7-15/h8-15,25-26,30H,3-7H2,1-2H3. The zero-order valence-electron chi connectivity index (χ0n) is 17.3. The molecule has 1 heterocycles. The molecule has 1 fully saturated rings. The smallest absolute Gasteiger partial charge is 0.162 e. The Balaban J connectivity index is 1.52. The average Bonchev–Trinajstić information content (AvgIpc) is 2.78. The number of pyridine rings is 1. The van der Waals surface area contributed by atoms with Crippen molar-refractivity contribution >= 4 is 29.2 Å². The number of rotatable bonds is 7. The molecule has 3 aromatic rings. The predicted molar refractivity (Wildman–Crippen MR) is 122 cm³/mol. The van der Waals surface area contributed by atoms with Gasteiger partial charge < -0.3 is 19.6 Å². The van der Waals surface area contributed by atoms with E-state index in [9.17, 15) is 0 Å². The molecule has 1 aliphatic carbocycles. The summed E-state index contributed by atoms with van der Waals surface area (Å²) in [6.07, 6.45) is 8.05. The molecule has 2 N–H and O–H groups in total. The number of hydrogen-bond donors (Lipinski definition) is 3. The van der Waals surface area contributed by atoms with Crippen LogP contribution in [0.25, 0.3) is 10.9 Å². The number of hydrazine groups is 1. The van der Waals surface area contributed by atoms with Gasteiger partial charge in [0.1, 0.15) is 11.5 Å². The average molecular weight is 426 g/mol. The summed E-state index contributed by atoms with van der Waals surface area (Å²) in [6.45, 7) is 0. The zero-order chi connectivity index (χ0) is 20.9. The molecule has 7 heteroatoms. The Morgan fingerprint density at radius 1 is 0.933 bits per heavy atom. The van der Waals surface area contributed by atoms with Crippen LogP contribution in [0.3, 0.4) is 0 Å². The van der Waals surface area contributed by atoms with Crippen LogP contribution in [0.15, 0.2) is 47.5 Å². The molecule has 1 aromatic heterocycles. The molecular formula is C23H27N3O3S. The summed E-state index contributed by atoms with van der Waals surface area (Å²) in [5.74, 6) is 2.65. The first-order valence-electron chi connectivity index (χ1n) is 10.2. The van der Waals surface area contributed by atoms with Crippen molar-refractivity contribution < 1.29 is 14.2 Å². The van der Waals surface area contributed by atoms with Crippen LogP contribution >= 0.6 is 12.6 Å². The maximum atomic E-state index is 6.16. The molecule has 0 unspecified atom stereocenters. The van der Waals surface area contributed by atoms with Gasteiger partial charge in [-0.25, -0.2) is 5.43 Å². The van der Waals surface area contributed by atoms with Crippen molar-refractivity contribution in [2.24, 2.45) is 0 Å². The largest absolute Gasteiger partial charge is 0.493 e. The SMILES string of the molecule is COc1cc2nccc(Oc3ccc(NNC4CCCCC4)c(S)c3)c2cc1OC. The number of aromatic nitrogens is 1. The molecule has 0 bridgehead atoms. The quantitative estimate of drug-likeness (QED) is 0.339. The first-order chi connectivity index (χ1) is 14.7. The Hall–Kier alpha value is -2.64. The molecule has 0 atom stereocenters. The van der Waals surface area contributed by atoms with E-state index in [-0.39, 0.29) is 0 Å². The van der Waals surface area contributed by atoms with Gasteiger partial charge in [-0.3, -0.25) is 4.98 Å². The highest BCUT2D eigenvalue weighted by Gasteiger charge is 2.14. The van der Waals surface area contributed by atoms with Crippen molar-refractivity contribution in [3.63, 3.8) is 0 Å². The van der Waals surface area contributed by atoms with Gasteiger partial charge in [0.15, 0.2) is 11.5 Å². The van der Waals surface area contributed by atoms with E-state index < -0.39 is 0 Å². The molecule has 1 aliphatic rings. The van der Waals surface area contributed by atoms with Crippen LogP contribution in [0.4, 0.5) is 5.69 Å². The second-order valence-corrected chi connectivity index (χ2v) is 7.90. The minimum absolute atomic E-state index is 0.512. The van der Waals surface area contributed by atoms with Gasteiger partial charge in [0.2, 0.25) is 0 Å². The van der Waals surface area contributed by atoms with Gasteiger partial charge in [-0.05, 0) is 43.2 Å². The Morgan fingerprint density at radius 2 is 1.70 bits per heavy atom. The number of benzene rings is 2. The van der Waals surface area contributed by atoms with Crippen molar-refractivity contribution in [2.45, 2.75) is 43.0 Å². The fraction of sp³-hybridized carbons (Fsp3) is 0.348. The van der Waals surface area contributed by atoms with Gasteiger partial charge >= 0.3 is 0 Å². The highest BCUT2D eigenvalue weighted by atomic mass is 32.1. The number of anilines is 1. The first kappa shape index (κ1) is 20.6. The summed E-state index contributed by atoms with van der Waals surface area (Å²) < 4.78 is 17.0. The normalized spacial score (nSPS) is 14.5. The van der Waals surface area contributed by atoms with Gasteiger partial charge in [0.05, 0.1) is 25.4 Å². The summed E-state index contributed by atoms with van der Waals surface area (Å²) in [6, 6.07) is 11.9. The maximum Gasteiger partial charge on any atom is 0.162 e. The minimum Gasteiger partial charge on any atom is -0.493 e. The lowest BCUT2D eigenvalue weighted by Crippen LogP contribution is -2.35. The van der Waals surface area contributed by atoms with Crippen LogP contribution in [-0.2, 0) is 0 Å². The van der Waals surface area contributed by atoms with E-state index in [0.717, 1.165) is 21.5 Å². The van der Waals surface area contributed by atoms with Crippen molar-refractivity contribution in [2.75, 3.05) is 19.6 Å². The van der Waals surface area contributed by atoms with E-state index in [4.69, 9.17) is 14.2 Å². The number of methoxy groups -OCH3 is 2. The van der Waals surface area contributed by atoms with Gasteiger partial charge in [0.25, 0.3) is 0 Å². The summed E-state index contributed by atoms with van der Waals surface area (Å²) in [7, 11) is 3.22. The second kappa shape index (κ2) is 9.45. The molecular weight excluding hydrogens is 398 g/mol. The topological polar surface area (TPSA) is 64.6 Å².